The Kier molecular flexibility index (Phi) is 5.01. The Morgan fingerprint density at radius 3 is 2.57 bits per heavy atom. The number of hydrogen-bond acceptors (Lipinski definition) is 3. The molecular formula is C14H11Cl2F3O4. The van der Waals surface area contributed by atoms with Crippen LogP contribution in [0.25, 0.3) is 6.08 Å². The van der Waals surface area contributed by atoms with Gasteiger partial charge in [-0.25, -0.2) is 4.79 Å². The number of benzene rings is 1. The van der Waals surface area contributed by atoms with Crippen molar-refractivity contribution in [2.24, 2.45) is 0 Å². The van der Waals surface area contributed by atoms with Crippen LogP contribution in [-0.2, 0) is 4.79 Å². The van der Waals surface area contributed by atoms with Gasteiger partial charge in [0.2, 0.25) is 6.10 Å². The molecule has 1 aromatic carbocycles. The molecule has 0 radical (unpaired) electrons. The summed E-state index contributed by atoms with van der Waals surface area (Å²) >= 11 is 11.9. The van der Waals surface area contributed by atoms with Crippen molar-refractivity contribution < 1.29 is 32.5 Å². The van der Waals surface area contributed by atoms with E-state index in [1.54, 1.807) is 6.92 Å². The van der Waals surface area contributed by atoms with Crippen LogP contribution in [0.4, 0.5) is 13.2 Å². The van der Waals surface area contributed by atoms with Crippen LogP contribution in [0.1, 0.15) is 18.9 Å². The maximum atomic E-state index is 13.1. The van der Waals surface area contributed by atoms with Gasteiger partial charge in [0.15, 0.2) is 11.5 Å². The van der Waals surface area contributed by atoms with Gasteiger partial charge in [-0.05, 0) is 18.6 Å². The highest BCUT2D eigenvalue weighted by Gasteiger charge is 2.49. The molecule has 1 aliphatic rings. The summed E-state index contributed by atoms with van der Waals surface area (Å²) in [5.41, 5.74) is -0.976. The number of carboxylic acids is 1. The first-order valence-electron chi connectivity index (χ1n) is 6.49. The summed E-state index contributed by atoms with van der Waals surface area (Å²) in [6, 6.07) is 1.26. The first kappa shape index (κ1) is 17.7. The van der Waals surface area contributed by atoms with Crippen molar-refractivity contribution in [1.82, 2.24) is 0 Å². The topological polar surface area (TPSA) is 55.8 Å². The Balaban J connectivity index is 2.64. The molecule has 4 nitrogen and oxygen atoms in total. The predicted molar refractivity (Wildman–Crippen MR) is 78.3 cm³/mol. The van der Waals surface area contributed by atoms with Crippen LogP contribution in [-0.4, -0.2) is 30.0 Å². The zero-order valence-electron chi connectivity index (χ0n) is 11.7. The van der Waals surface area contributed by atoms with Crippen molar-refractivity contribution in [2.45, 2.75) is 25.6 Å². The number of carboxylic acid groups (broad SMARTS) is 1. The number of fused-ring (bicyclic) bond motifs is 1. The quantitative estimate of drug-likeness (QED) is 0.842. The first-order valence-corrected chi connectivity index (χ1v) is 7.25. The van der Waals surface area contributed by atoms with Crippen LogP contribution in [0.5, 0.6) is 11.5 Å². The molecule has 0 bridgehead atoms. The average molecular weight is 371 g/mol. The number of alkyl halides is 3. The third kappa shape index (κ3) is 3.50. The van der Waals surface area contributed by atoms with Gasteiger partial charge in [0.25, 0.3) is 0 Å². The van der Waals surface area contributed by atoms with E-state index >= 15 is 0 Å². The van der Waals surface area contributed by atoms with Gasteiger partial charge in [-0.15, -0.1) is 0 Å². The molecule has 0 saturated carbocycles. The third-order valence-corrected chi connectivity index (χ3v) is 3.58. The Bertz CT molecular complexity index is 671. The first-order chi connectivity index (χ1) is 10.7. The highest BCUT2D eigenvalue weighted by atomic mass is 35.5. The maximum Gasteiger partial charge on any atom is 0.430 e. The minimum absolute atomic E-state index is 0.0138. The van der Waals surface area contributed by atoms with Crippen molar-refractivity contribution in [2.75, 3.05) is 6.61 Å². The molecule has 1 atom stereocenters. The monoisotopic (exact) mass is 370 g/mol. The summed E-state index contributed by atoms with van der Waals surface area (Å²) in [4.78, 5) is 11.1. The number of halogens is 5. The molecule has 1 aromatic rings. The smallest absolute Gasteiger partial charge is 0.430 e. The Morgan fingerprint density at radius 1 is 1.39 bits per heavy atom. The highest BCUT2D eigenvalue weighted by molar-refractivity contribution is 6.37. The van der Waals surface area contributed by atoms with Crippen molar-refractivity contribution in [3.63, 3.8) is 0 Å². The van der Waals surface area contributed by atoms with Crippen LogP contribution in [0.3, 0.4) is 0 Å². The molecule has 0 amide bonds. The fourth-order valence-electron chi connectivity index (χ4n) is 2.01. The van der Waals surface area contributed by atoms with E-state index in [0.29, 0.717) is 6.42 Å². The average Bonchev–Trinajstić information content (AvgIpc) is 2.44. The fraction of sp³-hybridized carbons (Fsp3) is 0.357. The molecule has 0 aromatic heterocycles. The van der Waals surface area contributed by atoms with Crippen molar-refractivity contribution >= 4 is 35.2 Å². The SMILES string of the molecule is CCCOc1c(Cl)cc(Cl)c2c1OC(C(F)(F)F)C(C(=O)O)=C2. The standard InChI is InChI=1S/C14H11Cl2F3O4/c1-2-3-22-11-9(16)5-8(15)6-4-7(13(20)21)12(14(17,18)19)23-10(6)11/h4-5,12H,2-3H2,1H3,(H,20,21). The van der Waals surface area contributed by atoms with Gasteiger partial charge in [-0.3, -0.25) is 0 Å². The summed E-state index contributed by atoms with van der Waals surface area (Å²) in [5.74, 6) is -2.16. The van der Waals surface area contributed by atoms with Crippen molar-refractivity contribution in [1.29, 1.82) is 0 Å². The Morgan fingerprint density at radius 2 is 2.04 bits per heavy atom. The fourth-order valence-corrected chi connectivity index (χ4v) is 2.57. The second kappa shape index (κ2) is 6.49. The molecule has 1 unspecified atom stereocenters. The Labute approximate surface area is 139 Å². The highest BCUT2D eigenvalue weighted by Crippen LogP contribution is 2.48. The van der Waals surface area contributed by atoms with Gasteiger partial charge in [0, 0.05) is 5.56 Å². The zero-order chi connectivity index (χ0) is 17.4. The molecule has 1 heterocycles. The second-order valence-corrected chi connectivity index (χ2v) is 5.52. The summed E-state index contributed by atoms with van der Waals surface area (Å²) in [7, 11) is 0. The predicted octanol–water partition coefficient (Wildman–Crippen LogP) is 4.57. The van der Waals surface area contributed by atoms with E-state index in [0.717, 1.165) is 6.08 Å². The van der Waals surface area contributed by atoms with E-state index in [2.05, 4.69) is 0 Å². The maximum absolute atomic E-state index is 13.1. The molecule has 1 aliphatic heterocycles. The number of rotatable bonds is 4. The largest absolute Gasteiger partial charge is 0.488 e. The van der Waals surface area contributed by atoms with Crippen LogP contribution in [0.2, 0.25) is 10.0 Å². The minimum atomic E-state index is -4.92. The van der Waals surface area contributed by atoms with Crippen LogP contribution < -0.4 is 9.47 Å². The normalized spacial score (nSPS) is 17.1. The molecule has 0 fully saturated rings. The lowest BCUT2D eigenvalue weighted by atomic mass is 10.0. The number of carbonyl (C=O) groups is 1. The van der Waals surface area contributed by atoms with Crippen LogP contribution in [0.15, 0.2) is 11.6 Å². The van der Waals surface area contributed by atoms with E-state index in [-0.39, 0.29) is 33.7 Å². The van der Waals surface area contributed by atoms with Crippen LogP contribution >= 0.6 is 23.2 Å². The summed E-state index contributed by atoms with van der Waals surface area (Å²) < 4.78 is 49.5. The number of aliphatic carboxylic acids is 1. The third-order valence-electron chi connectivity index (χ3n) is 2.99. The van der Waals surface area contributed by atoms with E-state index in [4.69, 9.17) is 37.8 Å². The lowest BCUT2D eigenvalue weighted by Gasteiger charge is -2.29. The van der Waals surface area contributed by atoms with Crippen LogP contribution in [0, 0.1) is 0 Å². The number of hydrogen-bond donors (Lipinski definition) is 1. The zero-order valence-corrected chi connectivity index (χ0v) is 13.2. The van der Waals surface area contributed by atoms with E-state index in [9.17, 15) is 18.0 Å². The van der Waals surface area contributed by atoms with Crippen molar-refractivity contribution in [3.05, 3.63) is 27.2 Å². The van der Waals surface area contributed by atoms with Gasteiger partial charge < -0.3 is 14.6 Å². The Hall–Kier alpha value is -1.60. The lowest BCUT2D eigenvalue weighted by Crippen LogP contribution is -2.40. The molecule has 0 saturated heterocycles. The van der Waals surface area contributed by atoms with Crippen molar-refractivity contribution in [3.8, 4) is 11.5 Å². The van der Waals surface area contributed by atoms with Gasteiger partial charge in [-0.1, -0.05) is 30.1 Å². The van der Waals surface area contributed by atoms with Gasteiger partial charge in [0.1, 0.15) is 0 Å². The van der Waals surface area contributed by atoms with E-state index in [1.807, 2.05) is 0 Å². The van der Waals surface area contributed by atoms with Gasteiger partial charge in [-0.2, -0.15) is 13.2 Å². The summed E-state index contributed by atoms with van der Waals surface area (Å²) in [5, 5.41) is 8.95. The van der Waals surface area contributed by atoms with Gasteiger partial charge in [0.05, 0.1) is 22.2 Å². The second-order valence-electron chi connectivity index (χ2n) is 4.70. The molecular weight excluding hydrogens is 360 g/mol. The van der Waals surface area contributed by atoms with Gasteiger partial charge >= 0.3 is 12.1 Å². The molecule has 9 heteroatoms. The molecule has 23 heavy (non-hydrogen) atoms. The molecule has 0 aliphatic carbocycles. The molecule has 1 N–H and O–H groups in total. The summed E-state index contributed by atoms with van der Waals surface area (Å²) in [6.45, 7) is 2.00. The summed E-state index contributed by atoms with van der Waals surface area (Å²) in [6.07, 6.45) is -6.13. The lowest BCUT2D eigenvalue weighted by molar-refractivity contribution is -0.187. The molecule has 126 valence electrons. The minimum Gasteiger partial charge on any atom is -0.488 e. The van der Waals surface area contributed by atoms with E-state index < -0.39 is 23.8 Å². The van der Waals surface area contributed by atoms with E-state index in [1.165, 1.54) is 6.07 Å². The number of ether oxygens (including phenoxy) is 2. The molecule has 0 spiro atoms. The molecule has 2 rings (SSSR count).